The van der Waals surface area contributed by atoms with E-state index in [0.29, 0.717) is 5.56 Å². The Morgan fingerprint density at radius 1 is 1.32 bits per heavy atom. The third-order valence-corrected chi connectivity index (χ3v) is 3.35. The molecule has 0 spiro atoms. The molecule has 1 atom stereocenters. The Hall–Kier alpha value is -1.75. The molecule has 1 aromatic rings. The minimum Gasteiger partial charge on any atom is -0.504 e. The van der Waals surface area contributed by atoms with Gasteiger partial charge in [-0.15, -0.1) is 0 Å². The van der Waals surface area contributed by atoms with Gasteiger partial charge >= 0.3 is 0 Å². The number of amides is 1. The number of likely N-dealkylation sites (tertiary alicyclic amines) is 1. The van der Waals surface area contributed by atoms with Gasteiger partial charge in [-0.3, -0.25) is 4.79 Å². The number of benzene rings is 1. The Kier molecular flexibility index (Phi) is 4.27. The highest BCUT2D eigenvalue weighted by atomic mass is 16.3. The van der Waals surface area contributed by atoms with E-state index in [0.717, 1.165) is 19.6 Å². The Balaban J connectivity index is 1.90. The first-order valence-electron chi connectivity index (χ1n) is 6.61. The molecule has 1 unspecified atom stereocenters. The second-order valence-corrected chi connectivity index (χ2v) is 5.09. The zero-order valence-corrected chi connectivity index (χ0v) is 11.1. The van der Waals surface area contributed by atoms with Gasteiger partial charge in [-0.2, -0.15) is 0 Å². The van der Waals surface area contributed by atoms with Gasteiger partial charge in [-0.1, -0.05) is 0 Å². The molecule has 5 heteroatoms. The van der Waals surface area contributed by atoms with E-state index in [4.69, 9.17) is 0 Å². The van der Waals surface area contributed by atoms with Gasteiger partial charge in [0.1, 0.15) is 0 Å². The van der Waals surface area contributed by atoms with Crippen LogP contribution < -0.4 is 5.32 Å². The van der Waals surface area contributed by atoms with Crippen LogP contribution in [0.15, 0.2) is 18.2 Å². The number of nitrogens with zero attached hydrogens (tertiary/aromatic N) is 1. The van der Waals surface area contributed by atoms with Crippen LogP contribution in [0.25, 0.3) is 0 Å². The molecule has 5 nitrogen and oxygen atoms in total. The van der Waals surface area contributed by atoms with E-state index >= 15 is 0 Å². The first kappa shape index (κ1) is 13.7. The van der Waals surface area contributed by atoms with E-state index in [2.05, 4.69) is 10.2 Å². The molecule has 0 aromatic heterocycles. The van der Waals surface area contributed by atoms with Gasteiger partial charge in [-0.05, 0) is 51.1 Å². The number of hydrogen-bond acceptors (Lipinski definition) is 4. The number of hydrogen-bond donors (Lipinski definition) is 3. The summed E-state index contributed by atoms with van der Waals surface area (Å²) in [5.41, 5.74) is 0.351. The van der Waals surface area contributed by atoms with E-state index in [1.54, 1.807) is 0 Å². The third-order valence-electron chi connectivity index (χ3n) is 3.35. The highest BCUT2D eigenvalue weighted by molar-refractivity contribution is 5.95. The van der Waals surface area contributed by atoms with E-state index in [1.807, 2.05) is 6.92 Å². The molecule has 0 saturated carbocycles. The quantitative estimate of drug-likeness (QED) is 0.717. The molecule has 1 aliphatic heterocycles. The second-order valence-electron chi connectivity index (χ2n) is 5.09. The second kappa shape index (κ2) is 5.93. The number of carbonyl (C=O) groups is 1. The van der Waals surface area contributed by atoms with Crippen molar-refractivity contribution in [1.29, 1.82) is 0 Å². The SMILES string of the molecule is CC(CN1CCCC1)NC(=O)c1ccc(O)c(O)c1. The number of phenols is 2. The lowest BCUT2D eigenvalue weighted by molar-refractivity contribution is 0.0931. The van der Waals surface area contributed by atoms with Crippen molar-refractivity contribution in [1.82, 2.24) is 10.2 Å². The van der Waals surface area contributed by atoms with Gasteiger partial charge in [0.2, 0.25) is 0 Å². The Bertz CT molecular complexity index is 456. The third kappa shape index (κ3) is 3.61. The predicted molar refractivity (Wildman–Crippen MR) is 72.4 cm³/mol. The molecule has 19 heavy (non-hydrogen) atoms. The van der Waals surface area contributed by atoms with Crippen LogP contribution in [0.4, 0.5) is 0 Å². The van der Waals surface area contributed by atoms with E-state index in [-0.39, 0.29) is 23.4 Å². The minimum atomic E-state index is -0.278. The van der Waals surface area contributed by atoms with Crippen LogP contribution in [0.5, 0.6) is 11.5 Å². The van der Waals surface area contributed by atoms with Crippen LogP contribution in [-0.4, -0.2) is 46.7 Å². The molecule has 1 aliphatic rings. The van der Waals surface area contributed by atoms with Crippen molar-refractivity contribution in [2.45, 2.75) is 25.8 Å². The summed E-state index contributed by atoms with van der Waals surface area (Å²) in [7, 11) is 0. The van der Waals surface area contributed by atoms with Crippen molar-refractivity contribution in [3.05, 3.63) is 23.8 Å². The average Bonchev–Trinajstić information content (AvgIpc) is 2.85. The number of aromatic hydroxyl groups is 2. The Morgan fingerprint density at radius 2 is 2.00 bits per heavy atom. The maximum absolute atomic E-state index is 12.0. The van der Waals surface area contributed by atoms with Gasteiger partial charge < -0.3 is 20.4 Å². The highest BCUT2D eigenvalue weighted by Crippen LogP contribution is 2.24. The fourth-order valence-electron chi connectivity index (χ4n) is 2.37. The van der Waals surface area contributed by atoms with Crippen LogP contribution in [-0.2, 0) is 0 Å². The lowest BCUT2D eigenvalue weighted by atomic mass is 10.1. The summed E-state index contributed by atoms with van der Waals surface area (Å²) in [4.78, 5) is 14.3. The largest absolute Gasteiger partial charge is 0.504 e. The van der Waals surface area contributed by atoms with Crippen molar-refractivity contribution in [3.8, 4) is 11.5 Å². The maximum Gasteiger partial charge on any atom is 0.251 e. The zero-order valence-electron chi connectivity index (χ0n) is 11.1. The molecular formula is C14H20N2O3. The molecule has 3 N–H and O–H groups in total. The van der Waals surface area contributed by atoms with Crippen molar-refractivity contribution in [2.24, 2.45) is 0 Å². The molecule has 1 amide bonds. The molecule has 0 bridgehead atoms. The lowest BCUT2D eigenvalue weighted by Gasteiger charge is -2.21. The standard InChI is InChI=1S/C14H20N2O3/c1-10(9-16-6-2-3-7-16)15-14(19)11-4-5-12(17)13(18)8-11/h4-5,8,10,17-18H,2-3,6-7,9H2,1H3,(H,15,19). The zero-order chi connectivity index (χ0) is 13.8. The summed E-state index contributed by atoms with van der Waals surface area (Å²) in [6.45, 7) is 5.01. The summed E-state index contributed by atoms with van der Waals surface area (Å²) in [6.07, 6.45) is 2.46. The summed E-state index contributed by atoms with van der Waals surface area (Å²) >= 11 is 0. The van der Waals surface area contributed by atoms with Crippen LogP contribution in [0.2, 0.25) is 0 Å². The average molecular weight is 264 g/mol. The number of rotatable bonds is 4. The van der Waals surface area contributed by atoms with Gasteiger partial charge in [0.05, 0.1) is 0 Å². The van der Waals surface area contributed by atoms with Crippen molar-refractivity contribution in [2.75, 3.05) is 19.6 Å². The molecule has 1 heterocycles. The summed E-state index contributed by atoms with van der Waals surface area (Å²) in [5, 5.41) is 21.5. The van der Waals surface area contributed by atoms with Crippen molar-refractivity contribution in [3.63, 3.8) is 0 Å². The molecule has 2 rings (SSSR count). The van der Waals surface area contributed by atoms with E-state index in [9.17, 15) is 15.0 Å². The van der Waals surface area contributed by atoms with Gasteiger partial charge in [0.25, 0.3) is 5.91 Å². The Labute approximate surface area is 112 Å². The highest BCUT2D eigenvalue weighted by Gasteiger charge is 2.17. The molecular weight excluding hydrogens is 244 g/mol. The molecule has 0 aliphatic carbocycles. The molecule has 104 valence electrons. The van der Waals surface area contributed by atoms with Crippen LogP contribution >= 0.6 is 0 Å². The summed E-state index contributed by atoms with van der Waals surface area (Å²) < 4.78 is 0. The van der Waals surface area contributed by atoms with Crippen molar-refractivity contribution >= 4 is 5.91 Å². The van der Waals surface area contributed by atoms with Crippen LogP contribution in [0.1, 0.15) is 30.1 Å². The number of carbonyl (C=O) groups excluding carboxylic acids is 1. The van der Waals surface area contributed by atoms with E-state index in [1.165, 1.54) is 31.0 Å². The number of phenolic OH excluding ortho intramolecular Hbond substituents is 2. The summed E-state index contributed by atoms with van der Waals surface area (Å²) in [5.74, 6) is -0.733. The van der Waals surface area contributed by atoms with Gasteiger partial charge in [-0.25, -0.2) is 0 Å². The predicted octanol–water partition coefficient (Wildman–Crippen LogP) is 1.31. The first-order valence-corrected chi connectivity index (χ1v) is 6.61. The summed E-state index contributed by atoms with van der Waals surface area (Å²) in [6, 6.07) is 4.14. The fraction of sp³-hybridized carbons (Fsp3) is 0.500. The molecule has 1 fully saturated rings. The fourth-order valence-corrected chi connectivity index (χ4v) is 2.37. The minimum absolute atomic E-state index is 0.0570. The number of nitrogens with one attached hydrogen (secondary N) is 1. The monoisotopic (exact) mass is 264 g/mol. The molecule has 1 saturated heterocycles. The molecule has 0 radical (unpaired) electrons. The first-order chi connectivity index (χ1) is 9.06. The van der Waals surface area contributed by atoms with Crippen LogP contribution in [0.3, 0.4) is 0 Å². The van der Waals surface area contributed by atoms with Crippen LogP contribution in [0, 0.1) is 0 Å². The maximum atomic E-state index is 12.0. The van der Waals surface area contributed by atoms with E-state index < -0.39 is 0 Å². The smallest absolute Gasteiger partial charge is 0.251 e. The van der Waals surface area contributed by atoms with Crippen molar-refractivity contribution < 1.29 is 15.0 Å². The Morgan fingerprint density at radius 3 is 2.63 bits per heavy atom. The van der Waals surface area contributed by atoms with Gasteiger partial charge in [0, 0.05) is 18.2 Å². The topological polar surface area (TPSA) is 72.8 Å². The normalized spacial score (nSPS) is 17.3. The van der Waals surface area contributed by atoms with Gasteiger partial charge in [0.15, 0.2) is 11.5 Å². The lowest BCUT2D eigenvalue weighted by Crippen LogP contribution is -2.41. The molecule has 1 aromatic carbocycles.